The molecule has 0 aliphatic carbocycles. The molecule has 0 aliphatic heterocycles. The Morgan fingerprint density at radius 2 is 2.05 bits per heavy atom. The van der Waals surface area contributed by atoms with Crippen molar-refractivity contribution < 1.29 is 14.3 Å². The minimum absolute atomic E-state index is 0.00584. The standard InChI is InChI=1S/C16H12FNO2/c1-2-10-3-6-13(16(19)20)14(7-10)11-4-5-12(9-18)15(17)8-11/h3-8H,2H2,1H3,(H,19,20)/p-1. The van der Waals surface area contributed by atoms with Crippen LogP contribution < -0.4 is 5.11 Å². The van der Waals surface area contributed by atoms with Gasteiger partial charge in [-0.25, -0.2) is 4.39 Å². The number of aryl methyl sites for hydroxylation is 1. The maximum atomic E-state index is 13.7. The molecule has 0 heterocycles. The summed E-state index contributed by atoms with van der Waals surface area (Å²) in [6.45, 7) is 1.94. The van der Waals surface area contributed by atoms with Crippen molar-refractivity contribution in [3.8, 4) is 17.2 Å². The van der Waals surface area contributed by atoms with Gasteiger partial charge < -0.3 is 9.90 Å². The number of aromatic carboxylic acids is 1. The van der Waals surface area contributed by atoms with Crippen molar-refractivity contribution in [2.45, 2.75) is 13.3 Å². The van der Waals surface area contributed by atoms with Gasteiger partial charge in [0.15, 0.2) is 0 Å². The van der Waals surface area contributed by atoms with E-state index in [1.807, 2.05) is 6.92 Å². The first kappa shape index (κ1) is 13.8. The SMILES string of the molecule is CCc1ccc(C(=O)[O-])c(-c2ccc(C#N)c(F)c2)c1. The molecule has 0 N–H and O–H groups in total. The molecule has 4 heteroatoms. The molecule has 0 aliphatic rings. The van der Waals surface area contributed by atoms with Crippen molar-refractivity contribution in [3.05, 3.63) is 58.9 Å². The summed E-state index contributed by atoms with van der Waals surface area (Å²) < 4.78 is 13.7. The third-order valence-corrected chi connectivity index (χ3v) is 3.11. The van der Waals surface area contributed by atoms with Gasteiger partial charge in [0, 0.05) is 5.56 Å². The highest BCUT2D eigenvalue weighted by atomic mass is 19.1. The van der Waals surface area contributed by atoms with Crippen molar-refractivity contribution in [2.75, 3.05) is 0 Å². The number of nitriles is 1. The van der Waals surface area contributed by atoms with E-state index in [1.54, 1.807) is 18.2 Å². The molecule has 2 aromatic rings. The minimum atomic E-state index is -1.31. The zero-order valence-corrected chi connectivity index (χ0v) is 10.8. The van der Waals surface area contributed by atoms with Gasteiger partial charge in [-0.05, 0) is 35.2 Å². The van der Waals surface area contributed by atoms with Crippen LogP contribution in [0.5, 0.6) is 0 Å². The van der Waals surface area contributed by atoms with Gasteiger partial charge in [0.1, 0.15) is 11.9 Å². The molecule has 2 aromatic carbocycles. The van der Waals surface area contributed by atoms with Crippen molar-refractivity contribution >= 4 is 5.97 Å². The molecule has 2 rings (SSSR count). The first-order valence-electron chi connectivity index (χ1n) is 6.11. The first-order chi connectivity index (χ1) is 9.56. The van der Waals surface area contributed by atoms with Gasteiger partial charge in [0.05, 0.1) is 11.5 Å². The maximum absolute atomic E-state index is 13.7. The van der Waals surface area contributed by atoms with E-state index < -0.39 is 11.8 Å². The Balaban J connectivity index is 2.64. The van der Waals surface area contributed by atoms with Gasteiger partial charge in [-0.3, -0.25) is 0 Å². The summed E-state index contributed by atoms with van der Waals surface area (Å²) in [6.07, 6.45) is 0.735. The number of hydrogen-bond acceptors (Lipinski definition) is 3. The van der Waals surface area contributed by atoms with Gasteiger partial charge >= 0.3 is 0 Å². The van der Waals surface area contributed by atoms with Crippen molar-refractivity contribution in [2.24, 2.45) is 0 Å². The predicted molar refractivity (Wildman–Crippen MR) is 70.3 cm³/mol. The lowest BCUT2D eigenvalue weighted by molar-refractivity contribution is -0.254. The van der Waals surface area contributed by atoms with Crippen LogP contribution in [0.4, 0.5) is 4.39 Å². The third-order valence-electron chi connectivity index (χ3n) is 3.11. The Morgan fingerprint density at radius 1 is 1.30 bits per heavy atom. The molecule has 0 atom stereocenters. The number of benzene rings is 2. The zero-order chi connectivity index (χ0) is 14.7. The molecule has 0 aromatic heterocycles. The molecule has 0 fully saturated rings. The van der Waals surface area contributed by atoms with Gasteiger partial charge in [0.25, 0.3) is 0 Å². The number of carbonyl (C=O) groups is 1. The normalized spacial score (nSPS) is 10.1. The highest BCUT2D eigenvalue weighted by Crippen LogP contribution is 2.26. The molecule has 0 bridgehead atoms. The lowest BCUT2D eigenvalue weighted by Crippen LogP contribution is -2.23. The summed E-state index contributed by atoms with van der Waals surface area (Å²) in [5.74, 6) is -1.98. The number of carbonyl (C=O) groups excluding carboxylic acids is 1. The predicted octanol–water partition coefficient (Wildman–Crippen LogP) is 2.29. The average Bonchev–Trinajstić information content (AvgIpc) is 2.46. The van der Waals surface area contributed by atoms with Gasteiger partial charge in [0.2, 0.25) is 0 Å². The van der Waals surface area contributed by atoms with Gasteiger partial charge in [-0.1, -0.05) is 31.2 Å². The Bertz CT molecular complexity index is 717. The average molecular weight is 268 g/mol. The van der Waals surface area contributed by atoms with Crippen LogP contribution in [0.1, 0.15) is 28.4 Å². The lowest BCUT2D eigenvalue weighted by Gasteiger charge is -2.12. The lowest BCUT2D eigenvalue weighted by atomic mass is 9.95. The Morgan fingerprint density at radius 3 is 2.60 bits per heavy atom. The largest absolute Gasteiger partial charge is 0.545 e. The van der Waals surface area contributed by atoms with E-state index in [4.69, 9.17) is 5.26 Å². The van der Waals surface area contributed by atoms with Crippen LogP contribution in [-0.4, -0.2) is 5.97 Å². The highest BCUT2D eigenvalue weighted by Gasteiger charge is 2.10. The fraction of sp³-hybridized carbons (Fsp3) is 0.125. The van der Waals surface area contributed by atoms with E-state index in [2.05, 4.69) is 0 Å². The fourth-order valence-corrected chi connectivity index (χ4v) is 2.00. The number of carboxylic acid groups (broad SMARTS) is 1. The van der Waals surface area contributed by atoms with Crippen LogP contribution in [-0.2, 0) is 6.42 Å². The molecule has 0 saturated carbocycles. The van der Waals surface area contributed by atoms with Crippen LogP contribution in [0.25, 0.3) is 11.1 Å². The van der Waals surface area contributed by atoms with E-state index in [9.17, 15) is 14.3 Å². The molecular weight excluding hydrogens is 257 g/mol. The van der Waals surface area contributed by atoms with Crippen LogP contribution >= 0.6 is 0 Å². The molecule has 0 saturated heterocycles. The van der Waals surface area contributed by atoms with E-state index in [0.717, 1.165) is 12.0 Å². The molecular formula is C16H11FNO2-. The number of carboxylic acids is 1. The second-order valence-corrected chi connectivity index (χ2v) is 4.33. The number of hydrogen-bond donors (Lipinski definition) is 0. The summed E-state index contributed by atoms with van der Waals surface area (Å²) in [4.78, 5) is 11.1. The smallest absolute Gasteiger partial charge is 0.141 e. The second-order valence-electron chi connectivity index (χ2n) is 4.33. The monoisotopic (exact) mass is 268 g/mol. The summed E-state index contributed by atoms with van der Waals surface area (Å²) in [7, 11) is 0. The number of halogens is 1. The zero-order valence-electron chi connectivity index (χ0n) is 10.8. The third kappa shape index (κ3) is 2.52. The summed E-state index contributed by atoms with van der Waals surface area (Å²) >= 11 is 0. The van der Waals surface area contributed by atoms with E-state index in [0.29, 0.717) is 11.1 Å². The van der Waals surface area contributed by atoms with E-state index in [1.165, 1.54) is 24.3 Å². The minimum Gasteiger partial charge on any atom is -0.545 e. The van der Waals surface area contributed by atoms with Gasteiger partial charge in [-0.15, -0.1) is 0 Å². The Hall–Kier alpha value is -2.67. The molecule has 0 radical (unpaired) electrons. The number of nitrogens with zero attached hydrogens (tertiary/aromatic N) is 1. The van der Waals surface area contributed by atoms with E-state index in [-0.39, 0.29) is 11.1 Å². The molecule has 0 amide bonds. The van der Waals surface area contributed by atoms with Crippen molar-refractivity contribution in [1.29, 1.82) is 5.26 Å². The second kappa shape index (κ2) is 5.54. The molecule has 0 unspecified atom stereocenters. The van der Waals surface area contributed by atoms with Crippen LogP contribution in [0.2, 0.25) is 0 Å². The van der Waals surface area contributed by atoms with Crippen molar-refractivity contribution in [3.63, 3.8) is 0 Å². The summed E-state index contributed by atoms with van der Waals surface area (Å²) in [5.41, 5.74) is 1.68. The van der Waals surface area contributed by atoms with Crippen LogP contribution in [0, 0.1) is 17.1 Å². The highest BCUT2D eigenvalue weighted by molar-refractivity contribution is 5.95. The summed E-state index contributed by atoms with van der Waals surface area (Å²) in [6, 6.07) is 10.6. The first-order valence-corrected chi connectivity index (χ1v) is 6.11. The van der Waals surface area contributed by atoms with Crippen molar-refractivity contribution in [1.82, 2.24) is 0 Å². The van der Waals surface area contributed by atoms with Gasteiger partial charge in [-0.2, -0.15) is 5.26 Å². The molecule has 20 heavy (non-hydrogen) atoms. The molecule has 3 nitrogen and oxygen atoms in total. The fourth-order valence-electron chi connectivity index (χ4n) is 2.00. The number of rotatable bonds is 3. The van der Waals surface area contributed by atoms with Crippen LogP contribution in [0.3, 0.4) is 0 Å². The Kier molecular flexibility index (Phi) is 3.81. The quantitative estimate of drug-likeness (QED) is 0.857. The molecule has 100 valence electrons. The maximum Gasteiger partial charge on any atom is 0.141 e. The topological polar surface area (TPSA) is 63.9 Å². The molecule has 0 spiro atoms. The Labute approximate surface area is 115 Å². The van der Waals surface area contributed by atoms with Crippen LogP contribution in [0.15, 0.2) is 36.4 Å². The summed E-state index contributed by atoms with van der Waals surface area (Å²) in [5, 5.41) is 19.9. The van der Waals surface area contributed by atoms with E-state index >= 15 is 0 Å².